The lowest BCUT2D eigenvalue weighted by atomic mass is 10.2. The summed E-state index contributed by atoms with van der Waals surface area (Å²) in [6.45, 7) is -0.509. The Balaban J connectivity index is 1.29. The Morgan fingerprint density at radius 2 is 1.86 bits per heavy atom. The molecule has 0 bridgehead atoms. The number of imide groups is 1. The summed E-state index contributed by atoms with van der Waals surface area (Å²) in [5.41, 5.74) is 0.914. The maximum atomic E-state index is 12.2. The van der Waals surface area contributed by atoms with Crippen molar-refractivity contribution >= 4 is 50.8 Å². The van der Waals surface area contributed by atoms with Crippen LogP contribution in [0.2, 0.25) is 0 Å². The number of nitrogens with one attached hydrogen (secondary N) is 2. The molecule has 0 atom stereocenters. The molecule has 0 radical (unpaired) electrons. The quantitative estimate of drug-likeness (QED) is 0.599. The number of thiophene rings is 1. The molecule has 3 aromatic rings. The number of nitrogens with zero attached hydrogens (tertiary/aromatic N) is 1. The van der Waals surface area contributed by atoms with Crippen LogP contribution in [0.4, 0.5) is 4.79 Å². The fourth-order valence-electron chi connectivity index (χ4n) is 3.20. The van der Waals surface area contributed by atoms with Gasteiger partial charge in [-0.3, -0.25) is 10.1 Å². The summed E-state index contributed by atoms with van der Waals surface area (Å²) < 4.78 is 6.11. The van der Waals surface area contributed by atoms with Crippen LogP contribution >= 0.6 is 22.7 Å². The standard InChI is InChI=1S/C20H19N3O4S2/c24-17(23-20(26)21-12-5-1-2-6-12)11-27-19(25)16-10-9-15(28-16)18-22-13-7-3-4-8-14(13)29-18/h3-4,7-10,12H,1-2,5-6,11H2,(H2,21,23,24,26). The first-order valence-corrected chi connectivity index (χ1v) is 10.9. The molecular weight excluding hydrogens is 410 g/mol. The number of hydrogen-bond acceptors (Lipinski definition) is 7. The van der Waals surface area contributed by atoms with Crippen LogP contribution in [-0.2, 0) is 9.53 Å². The number of amides is 3. The summed E-state index contributed by atoms with van der Waals surface area (Å²) in [6, 6.07) is 10.9. The van der Waals surface area contributed by atoms with Gasteiger partial charge < -0.3 is 10.1 Å². The molecule has 29 heavy (non-hydrogen) atoms. The highest BCUT2D eigenvalue weighted by molar-refractivity contribution is 7.26. The van der Waals surface area contributed by atoms with E-state index < -0.39 is 24.5 Å². The Labute approximate surface area is 175 Å². The van der Waals surface area contributed by atoms with Gasteiger partial charge >= 0.3 is 12.0 Å². The molecule has 2 heterocycles. The average Bonchev–Trinajstić information content (AvgIpc) is 3.45. The number of urea groups is 1. The van der Waals surface area contributed by atoms with E-state index in [1.54, 1.807) is 17.4 Å². The highest BCUT2D eigenvalue weighted by Gasteiger charge is 2.19. The second-order valence-corrected chi connectivity index (χ2v) is 8.84. The lowest BCUT2D eigenvalue weighted by Gasteiger charge is -2.12. The van der Waals surface area contributed by atoms with Crippen LogP contribution in [0, 0.1) is 0 Å². The molecule has 2 N–H and O–H groups in total. The van der Waals surface area contributed by atoms with Crippen molar-refractivity contribution in [3.05, 3.63) is 41.3 Å². The molecule has 7 nitrogen and oxygen atoms in total. The normalized spacial score (nSPS) is 14.1. The molecule has 0 spiro atoms. The maximum Gasteiger partial charge on any atom is 0.348 e. The number of thiazole rings is 1. The average molecular weight is 430 g/mol. The lowest BCUT2D eigenvalue weighted by molar-refractivity contribution is -0.123. The predicted molar refractivity (Wildman–Crippen MR) is 112 cm³/mol. The highest BCUT2D eigenvalue weighted by Crippen LogP contribution is 2.34. The summed E-state index contributed by atoms with van der Waals surface area (Å²) in [6.07, 6.45) is 4.00. The van der Waals surface area contributed by atoms with Crippen molar-refractivity contribution in [1.82, 2.24) is 15.6 Å². The van der Waals surface area contributed by atoms with Gasteiger partial charge in [-0.2, -0.15) is 0 Å². The number of aromatic nitrogens is 1. The van der Waals surface area contributed by atoms with Crippen molar-refractivity contribution in [2.24, 2.45) is 0 Å². The third-order valence-electron chi connectivity index (χ3n) is 4.59. The van der Waals surface area contributed by atoms with E-state index in [1.807, 2.05) is 30.3 Å². The minimum Gasteiger partial charge on any atom is -0.451 e. The number of esters is 1. The molecule has 0 unspecified atom stereocenters. The highest BCUT2D eigenvalue weighted by atomic mass is 32.1. The van der Waals surface area contributed by atoms with Gasteiger partial charge in [-0.1, -0.05) is 25.0 Å². The molecule has 0 saturated heterocycles. The number of para-hydroxylation sites is 1. The zero-order valence-electron chi connectivity index (χ0n) is 15.5. The summed E-state index contributed by atoms with van der Waals surface area (Å²) in [5.74, 6) is -1.26. The molecular formula is C20H19N3O4S2. The predicted octanol–water partition coefficient (Wildman–Crippen LogP) is 3.95. The SMILES string of the molecule is O=C(COC(=O)c1ccc(-c2nc3ccccc3s2)s1)NC(=O)NC1CCCC1. The van der Waals surface area contributed by atoms with Crippen molar-refractivity contribution in [2.75, 3.05) is 6.61 Å². The summed E-state index contributed by atoms with van der Waals surface area (Å²) in [4.78, 5) is 41.6. The molecule has 150 valence electrons. The van der Waals surface area contributed by atoms with Gasteiger partial charge in [0.2, 0.25) is 0 Å². The fraction of sp³-hybridized carbons (Fsp3) is 0.300. The largest absolute Gasteiger partial charge is 0.451 e. The zero-order valence-corrected chi connectivity index (χ0v) is 17.1. The fourth-order valence-corrected chi connectivity index (χ4v) is 5.12. The molecule has 1 aromatic carbocycles. The number of rotatable bonds is 5. The van der Waals surface area contributed by atoms with Gasteiger partial charge in [-0.25, -0.2) is 14.6 Å². The Morgan fingerprint density at radius 1 is 1.07 bits per heavy atom. The smallest absolute Gasteiger partial charge is 0.348 e. The number of carbonyl (C=O) groups excluding carboxylic acids is 3. The van der Waals surface area contributed by atoms with Gasteiger partial charge in [-0.15, -0.1) is 22.7 Å². The Kier molecular flexibility index (Phi) is 5.86. The van der Waals surface area contributed by atoms with Gasteiger partial charge in [0.1, 0.15) is 9.88 Å². The molecule has 1 fully saturated rings. The van der Waals surface area contributed by atoms with Crippen molar-refractivity contribution in [1.29, 1.82) is 0 Å². The molecule has 1 aliphatic carbocycles. The summed E-state index contributed by atoms with van der Waals surface area (Å²) in [5, 5.41) is 5.77. The van der Waals surface area contributed by atoms with Gasteiger partial charge in [0.15, 0.2) is 6.61 Å². The molecule has 1 saturated carbocycles. The van der Waals surface area contributed by atoms with E-state index in [0.29, 0.717) is 4.88 Å². The lowest BCUT2D eigenvalue weighted by Crippen LogP contribution is -2.44. The van der Waals surface area contributed by atoms with Crippen LogP contribution in [0.3, 0.4) is 0 Å². The summed E-state index contributed by atoms with van der Waals surface area (Å²) in [7, 11) is 0. The third-order valence-corrected chi connectivity index (χ3v) is 6.86. The van der Waals surface area contributed by atoms with E-state index in [0.717, 1.165) is 45.8 Å². The molecule has 1 aliphatic rings. The molecule has 9 heteroatoms. The van der Waals surface area contributed by atoms with Gasteiger partial charge in [0, 0.05) is 6.04 Å². The first kappa shape index (κ1) is 19.5. The van der Waals surface area contributed by atoms with Gasteiger partial charge in [0.05, 0.1) is 15.1 Å². The van der Waals surface area contributed by atoms with E-state index in [9.17, 15) is 14.4 Å². The van der Waals surface area contributed by atoms with E-state index in [2.05, 4.69) is 15.6 Å². The zero-order chi connectivity index (χ0) is 20.2. The van der Waals surface area contributed by atoms with E-state index in [-0.39, 0.29) is 6.04 Å². The van der Waals surface area contributed by atoms with E-state index in [1.165, 1.54) is 11.3 Å². The molecule has 3 amide bonds. The number of carbonyl (C=O) groups is 3. The topological polar surface area (TPSA) is 97.4 Å². The number of ether oxygens (including phenoxy) is 1. The third kappa shape index (κ3) is 4.80. The van der Waals surface area contributed by atoms with E-state index in [4.69, 9.17) is 4.74 Å². The van der Waals surface area contributed by atoms with Crippen LogP contribution in [0.5, 0.6) is 0 Å². The molecule has 0 aliphatic heterocycles. The number of hydrogen-bond donors (Lipinski definition) is 2. The van der Waals surface area contributed by atoms with Crippen LogP contribution in [0.25, 0.3) is 20.1 Å². The second kappa shape index (κ2) is 8.71. The number of fused-ring (bicyclic) bond motifs is 1. The maximum absolute atomic E-state index is 12.2. The van der Waals surface area contributed by atoms with Gasteiger partial charge in [-0.05, 0) is 37.1 Å². The van der Waals surface area contributed by atoms with Crippen molar-refractivity contribution in [3.8, 4) is 9.88 Å². The van der Waals surface area contributed by atoms with Crippen molar-refractivity contribution in [2.45, 2.75) is 31.7 Å². The second-order valence-electron chi connectivity index (χ2n) is 6.73. The van der Waals surface area contributed by atoms with E-state index >= 15 is 0 Å². The minimum atomic E-state index is -0.656. The summed E-state index contributed by atoms with van der Waals surface area (Å²) >= 11 is 2.81. The first-order chi connectivity index (χ1) is 14.1. The molecule has 2 aromatic heterocycles. The number of benzene rings is 1. The van der Waals surface area contributed by atoms with Crippen LogP contribution < -0.4 is 10.6 Å². The van der Waals surface area contributed by atoms with Gasteiger partial charge in [0.25, 0.3) is 5.91 Å². The van der Waals surface area contributed by atoms with Crippen molar-refractivity contribution < 1.29 is 19.1 Å². The Morgan fingerprint density at radius 3 is 2.66 bits per heavy atom. The van der Waals surface area contributed by atoms with Crippen molar-refractivity contribution in [3.63, 3.8) is 0 Å². The Bertz CT molecular complexity index is 1020. The Hall–Kier alpha value is -2.78. The first-order valence-electron chi connectivity index (χ1n) is 9.32. The minimum absolute atomic E-state index is 0.109. The van der Waals surface area contributed by atoms with Crippen LogP contribution in [0.1, 0.15) is 35.4 Å². The molecule has 4 rings (SSSR count). The van der Waals surface area contributed by atoms with Crippen LogP contribution in [0.15, 0.2) is 36.4 Å². The monoisotopic (exact) mass is 429 g/mol. The van der Waals surface area contributed by atoms with Crippen LogP contribution in [-0.4, -0.2) is 35.5 Å².